The summed E-state index contributed by atoms with van der Waals surface area (Å²) in [6.45, 7) is 4.17. The quantitative estimate of drug-likeness (QED) is 0.435. The molecule has 0 spiro atoms. The fourth-order valence-electron chi connectivity index (χ4n) is 1.55. The van der Waals surface area contributed by atoms with E-state index in [-0.39, 0.29) is 36.3 Å². The van der Waals surface area contributed by atoms with Gasteiger partial charge in [-0.05, 0) is 25.5 Å². The summed E-state index contributed by atoms with van der Waals surface area (Å²) < 4.78 is 9.46. The van der Waals surface area contributed by atoms with E-state index in [2.05, 4.69) is 11.3 Å². The van der Waals surface area contributed by atoms with Gasteiger partial charge in [-0.25, -0.2) is 14.4 Å². The van der Waals surface area contributed by atoms with Gasteiger partial charge in [-0.15, -0.1) is 0 Å². The minimum atomic E-state index is -1.01. The van der Waals surface area contributed by atoms with Gasteiger partial charge in [-0.3, -0.25) is 0 Å². The molecule has 124 valence electrons. The molecule has 0 fully saturated rings. The van der Waals surface area contributed by atoms with Crippen LogP contribution in [-0.4, -0.2) is 47.4 Å². The van der Waals surface area contributed by atoms with Gasteiger partial charge in [0.05, 0.1) is 17.2 Å². The lowest BCUT2D eigenvalue weighted by molar-refractivity contribution is -0.133. The van der Waals surface area contributed by atoms with Crippen LogP contribution in [0.4, 0.5) is 0 Å². The molecular weight excluding hydrogens is 304 g/mol. The highest BCUT2D eigenvalue weighted by Gasteiger charge is 2.22. The monoisotopic (exact) mass is 322 g/mol. The number of aliphatic hydroxyl groups excluding tert-OH is 2. The Bertz CT molecular complexity index is 606. The van der Waals surface area contributed by atoms with Crippen molar-refractivity contribution in [1.29, 1.82) is 0 Å². The van der Waals surface area contributed by atoms with E-state index in [1.807, 2.05) is 0 Å². The topological polar surface area (TPSA) is 110 Å². The first kappa shape index (κ1) is 18.5. The first-order valence-electron chi connectivity index (χ1n) is 6.84. The van der Waals surface area contributed by atoms with Crippen molar-refractivity contribution in [3.8, 4) is 0 Å². The second kappa shape index (κ2) is 8.82. The number of ether oxygens (including phenoxy) is 2. The molecule has 0 aromatic heterocycles. The highest BCUT2D eigenvalue weighted by molar-refractivity contribution is 6.07. The molecule has 7 heteroatoms. The average Bonchev–Trinajstić information content (AvgIpc) is 2.52. The normalized spacial score (nSPS) is 11.4. The third-order valence-corrected chi connectivity index (χ3v) is 2.77. The van der Waals surface area contributed by atoms with Crippen molar-refractivity contribution < 1.29 is 34.1 Å². The number of hydrogen-bond donors (Lipinski definition) is 2. The number of carbonyl (C=O) groups excluding carboxylic acids is 3. The standard InChI is InChI=1S/C16H18O7/c1-10(2)14(19)23-16(21)13-6-4-3-5-12(13)15(20)22-9-11(18)7-8-17/h3-6,11,17-18H,1,7-9H2,2H3. The van der Waals surface area contributed by atoms with E-state index in [9.17, 15) is 19.5 Å². The number of aliphatic hydroxyl groups is 2. The predicted octanol–water partition coefficient (Wildman–Crippen LogP) is 0.846. The summed E-state index contributed by atoms with van der Waals surface area (Å²) in [5, 5.41) is 18.1. The fourth-order valence-corrected chi connectivity index (χ4v) is 1.55. The minimum absolute atomic E-state index is 0.0468. The second-order valence-electron chi connectivity index (χ2n) is 4.77. The van der Waals surface area contributed by atoms with Crippen LogP contribution in [-0.2, 0) is 14.3 Å². The van der Waals surface area contributed by atoms with E-state index < -0.39 is 24.0 Å². The molecule has 1 unspecified atom stereocenters. The molecular formula is C16H18O7. The van der Waals surface area contributed by atoms with Crippen molar-refractivity contribution in [3.05, 3.63) is 47.5 Å². The molecule has 0 amide bonds. The molecule has 0 bridgehead atoms. The largest absolute Gasteiger partial charge is 0.459 e. The van der Waals surface area contributed by atoms with Gasteiger partial charge in [0, 0.05) is 12.2 Å². The van der Waals surface area contributed by atoms with Gasteiger partial charge in [0.25, 0.3) is 0 Å². The third kappa shape index (κ3) is 5.65. The highest BCUT2D eigenvalue weighted by Crippen LogP contribution is 2.13. The van der Waals surface area contributed by atoms with Crippen molar-refractivity contribution in [3.63, 3.8) is 0 Å². The van der Waals surface area contributed by atoms with Crippen LogP contribution in [0.2, 0.25) is 0 Å². The van der Waals surface area contributed by atoms with E-state index in [0.717, 1.165) is 0 Å². The summed E-state index contributed by atoms with van der Waals surface area (Å²) in [4.78, 5) is 35.3. The summed E-state index contributed by atoms with van der Waals surface area (Å²) in [7, 11) is 0. The molecule has 7 nitrogen and oxygen atoms in total. The molecule has 0 aliphatic carbocycles. The first-order chi connectivity index (χ1) is 10.9. The zero-order chi connectivity index (χ0) is 17.4. The van der Waals surface area contributed by atoms with Crippen LogP contribution < -0.4 is 0 Å². The summed E-state index contributed by atoms with van der Waals surface area (Å²) in [6.07, 6.45) is -0.947. The smallest absolute Gasteiger partial charge is 0.346 e. The maximum atomic E-state index is 12.0. The van der Waals surface area contributed by atoms with Crippen molar-refractivity contribution in [2.24, 2.45) is 0 Å². The molecule has 0 saturated carbocycles. The zero-order valence-corrected chi connectivity index (χ0v) is 12.7. The summed E-state index contributed by atoms with van der Waals surface area (Å²) in [5.74, 6) is -2.74. The Hall–Kier alpha value is -2.51. The molecule has 0 heterocycles. The second-order valence-corrected chi connectivity index (χ2v) is 4.77. The molecule has 1 aromatic carbocycles. The van der Waals surface area contributed by atoms with Crippen molar-refractivity contribution in [2.75, 3.05) is 13.2 Å². The number of esters is 3. The molecule has 0 aliphatic heterocycles. The number of rotatable bonds is 7. The Kier molecular flexibility index (Phi) is 7.11. The Balaban J connectivity index is 2.84. The number of benzene rings is 1. The van der Waals surface area contributed by atoms with Crippen LogP contribution in [0.5, 0.6) is 0 Å². The van der Waals surface area contributed by atoms with Crippen LogP contribution in [0.3, 0.4) is 0 Å². The lowest BCUT2D eigenvalue weighted by atomic mass is 10.1. The maximum Gasteiger partial charge on any atom is 0.346 e. The third-order valence-electron chi connectivity index (χ3n) is 2.77. The fraction of sp³-hybridized carbons (Fsp3) is 0.312. The van der Waals surface area contributed by atoms with Gasteiger partial charge in [0.2, 0.25) is 0 Å². The Morgan fingerprint density at radius 1 is 1.17 bits per heavy atom. The van der Waals surface area contributed by atoms with Gasteiger partial charge in [0.1, 0.15) is 6.61 Å². The van der Waals surface area contributed by atoms with E-state index in [0.29, 0.717) is 0 Å². The molecule has 0 saturated heterocycles. The van der Waals surface area contributed by atoms with Gasteiger partial charge in [-0.1, -0.05) is 18.7 Å². The van der Waals surface area contributed by atoms with E-state index >= 15 is 0 Å². The van der Waals surface area contributed by atoms with Crippen LogP contribution in [0, 0.1) is 0 Å². The van der Waals surface area contributed by atoms with Crippen LogP contribution in [0.15, 0.2) is 36.4 Å². The predicted molar refractivity (Wildman–Crippen MR) is 79.7 cm³/mol. The Labute approximate surface area is 133 Å². The van der Waals surface area contributed by atoms with Crippen molar-refractivity contribution in [1.82, 2.24) is 0 Å². The van der Waals surface area contributed by atoms with Gasteiger partial charge in [-0.2, -0.15) is 0 Å². The summed E-state index contributed by atoms with van der Waals surface area (Å²) in [5.41, 5.74) is -0.183. The summed E-state index contributed by atoms with van der Waals surface area (Å²) in [6, 6.07) is 5.66. The molecule has 23 heavy (non-hydrogen) atoms. The molecule has 2 N–H and O–H groups in total. The number of carbonyl (C=O) groups is 3. The van der Waals surface area contributed by atoms with Crippen LogP contribution in [0.25, 0.3) is 0 Å². The first-order valence-corrected chi connectivity index (χ1v) is 6.84. The van der Waals surface area contributed by atoms with Gasteiger partial charge in [0.15, 0.2) is 0 Å². The summed E-state index contributed by atoms with van der Waals surface area (Å²) >= 11 is 0. The highest BCUT2D eigenvalue weighted by atomic mass is 16.6. The molecule has 0 aliphatic rings. The molecule has 1 atom stereocenters. The van der Waals surface area contributed by atoms with Crippen LogP contribution >= 0.6 is 0 Å². The van der Waals surface area contributed by atoms with Gasteiger partial charge >= 0.3 is 17.9 Å². The Morgan fingerprint density at radius 3 is 2.26 bits per heavy atom. The molecule has 1 rings (SSSR count). The SMILES string of the molecule is C=C(C)C(=O)OC(=O)c1ccccc1C(=O)OCC(O)CCO. The lowest BCUT2D eigenvalue weighted by Crippen LogP contribution is -2.22. The maximum absolute atomic E-state index is 12.0. The van der Waals surface area contributed by atoms with Crippen LogP contribution in [0.1, 0.15) is 34.1 Å². The number of hydrogen-bond acceptors (Lipinski definition) is 7. The lowest BCUT2D eigenvalue weighted by Gasteiger charge is -2.11. The molecule has 1 aromatic rings. The Morgan fingerprint density at radius 2 is 1.74 bits per heavy atom. The van der Waals surface area contributed by atoms with Crippen molar-refractivity contribution >= 4 is 17.9 Å². The van der Waals surface area contributed by atoms with E-state index in [1.165, 1.54) is 31.2 Å². The zero-order valence-electron chi connectivity index (χ0n) is 12.7. The molecule has 0 radical (unpaired) electrons. The van der Waals surface area contributed by atoms with E-state index in [1.54, 1.807) is 0 Å². The van der Waals surface area contributed by atoms with Crippen molar-refractivity contribution in [2.45, 2.75) is 19.4 Å². The van der Waals surface area contributed by atoms with Gasteiger partial charge < -0.3 is 19.7 Å². The van der Waals surface area contributed by atoms with E-state index in [4.69, 9.17) is 9.84 Å². The minimum Gasteiger partial charge on any atom is -0.459 e. The average molecular weight is 322 g/mol.